The van der Waals surface area contributed by atoms with Crippen LogP contribution in [0.4, 0.5) is 0 Å². The van der Waals surface area contributed by atoms with E-state index < -0.39 is 0 Å². The van der Waals surface area contributed by atoms with Gasteiger partial charge in [-0.1, -0.05) is 0 Å². The fourth-order valence-corrected chi connectivity index (χ4v) is 0.0481. The van der Waals surface area contributed by atoms with Gasteiger partial charge in [0.2, 0.25) is 0 Å². The number of nitrogens with one attached hydrogen (secondary N) is 1. The Morgan fingerprint density at radius 2 is 2.60 bits per heavy atom. The zero-order valence-corrected chi connectivity index (χ0v) is 2.77. The molecule has 3 N–H and O–H groups in total. The van der Waals surface area contributed by atoms with Crippen LogP contribution in [0.3, 0.4) is 0 Å². The van der Waals surface area contributed by atoms with Crippen LogP contribution in [0.5, 0.6) is 0 Å². The number of hydrogen-bond acceptors (Lipinski definition) is 3. The quantitative estimate of drug-likeness (QED) is 0.264. The molecule has 0 aliphatic rings. The Kier molecular flexibility index (Phi) is 3.04. The van der Waals surface area contributed by atoms with Gasteiger partial charge in [0.25, 0.3) is 0 Å². The SMILES string of the molecule is N=COCN. The maximum absolute atomic E-state index is 6.18. The first kappa shape index (κ1) is 4.43. The third-order valence-corrected chi connectivity index (χ3v) is 0.180. The zero-order chi connectivity index (χ0) is 4.12. The molecule has 0 spiro atoms. The molecule has 0 saturated carbocycles. The monoisotopic (exact) mass is 74.0 g/mol. The van der Waals surface area contributed by atoms with E-state index in [1.54, 1.807) is 0 Å². The summed E-state index contributed by atoms with van der Waals surface area (Å²) in [5.41, 5.74) is 4.77. The summed E-state index contributed by atoms with van der Waals surface area (Å²) in [7, 11) is 0. The van der Waals surface area contributed by atoms with Gasteiger partial charge >= 0.3 is 0 Å². The average molecular weight is 74.1 g/mol. The van der Waals surface area contributed by atoms with E-state index in [-0.39, 0.29) is 6.73 Å². The Bertz CT molecular complexity index is 28.8. The molecule has 5 heavy (non-hydrogen) atoms. The normalized spacial score (nSPS) is 6.60. The first-order valence-electron chi connectivity index (χ1n) is 1.22. The third-order valence-electron chi connectivity index (χ3n) is 0.180. The zero-order valence-electron chi connectivity index (χ0n) is 2.77. The predicted molar refractivity (Wildman–Crippen MR) is 18.9 cm³/mol. The molecule has 0 aromatic rings. The summed E-state index contributed by atoms with van der Waals surface area (Å²) in [6.45, 7) is 0.101. The van der Waals surface area contributed by atoms with E-state index in [0.717, 1.165) is 6.40 Å². The molecule has 0 aromatic carbocycles. The Morgan fingerprint density at radius 3 is 2.60 bits per heavy atom. The first-order chi connectivity index (χ1) is 2.41. The van der Waals surface area contributed by atoms with Gasteiger partial charge < -0.3 is 4.74 Å². The molecule has 0 aromatic heterocycles. The molecule has 30 valence electrons. The van der Waals surface area contributed by atoms with Gasteiger partial charge in [0, 0.05) is 0 Å². The second-order valence-corrected chi connectivity index (χ2v) is 0.451. The number of hydrogen-bond donors (Lipinski definition) is 2. The van der Waals surface area contributed by atoms with E-state index in [4.69, 9.17) is 11.1 Å². The van der Waals surface area contributed by atoms with Gasteiger partial charge in [-0.05, 0) is 0 Å². The molecular formula is C2H6N2O. The molecule has 0 unspecified atom stereocenters. The van der Waals surface area contributed by atoms with Crippen molar-refractivity contribution in [3.63, 3.8) is 0 Å². The van der Waals surface area contributed by atoms with E-state index in [2.05, 4.69) is 4.74 Å². The molecule has 0 rings (SSSR count). The summed E-state index contributed by atoms with van der Waals surface area (Å²) >= 11 is 0. The molecule has 0 atom stereocenters. The molecule has 3 heteroatoms. The van der Waals surface area contributed by atoms with E-state index in [1.807, 2.05) is 0 Å². The lowest BCUT2D eigenvalue weighted by Crippen LogP contribution is -2.01. The van der Waals surface area contributed by atoms with Crippen LogP contribution >= 0.6 is 0 Å². The summed E-state index contributed by atoms with van der Waals surface area (Å²) < 4.78 is 4.15. The molecule has 0 aliphatic carbocycles. The van der Waals surface area contributed by atoms with Crippen LogP contribution in [0.2, 0.25) is 0 Å². The van der Waals surface area contributed by atoms with Gasteiger partial charge in [0.05, 0.1) is 0 Å². The lowest BCUT2D eigenvalue weighted by atomic mass is 11.3. The highest BCUT2D eigenvalue weighted by Crippen LogP contribution is 1.46. The molecule has 0 amide bonds. The summed E-state index contributed by atoms with van der Waals surface area (Å²) in [4.78, 5) is 0. The minimum Gasteiger partial charge on any atom is -0.469 e. The second-order valence-electron chi connectivity index (χ2n) is 0.451. The first-order valence-corrected chi connectivity index (χ1v) is 1.22. The summed E-state index contributed by atoms with van der Waals surface area (Å²) in [6.07, 6.45) is 0.806. The number of ether oxygens (including phenoxy) is 1. The van der Waals surface area contributed by atoms with E-state index >= 15 is 0 Å². The highest BCUT2D eigenvalue weighted by Gasteiger charge is 1.56. The van der Waals surface area contributed by atoms with Crippen molar-refractivity contribution in [1.29, 1.82) is 5.41 Å². The lowest BCUT2D eigenvalue weighted by molar-refractivity contribution is 0.330. The fourth-order valence-electron chi connectivity index (χ4n) is 0.0481. The maximum Gasteiger partial charge on any atom is 0.168 e. The van der Waals surface area contributed by atoms with Crippen LogP contribution < -0.4 is 5.73 Å². The molecule has 0 radical (unpaired) electrons. The summed E-state index contributed by atoms with van der Waals surface area (Å²) in [5, 5.41) is 6.18. The smallest absolute Gasteiger partial charge is 0.168 e. The number of nitrogens with two attached hydrogens (primary N) is 1. The fraction of sp³-hybridized carbons (Fsp3) is 0.500. The van der Waals surface area contributed by atoms with Crippen molar-refractivity contribution in [1.82, 2.24) is 0 Å². The van der Waals surface area contributed by atoms with Crippen LogP contribution in [0.15, 0.2) is 0 Å². The largest absolute Gasteiger partial charge is 0.469 e. The molecular weight excluding hydrogens is 68.0 g/mol. The molecule has 0 heterocycles. The molecule has 3 nitrogen and oxygen atoms in total. The predicted octanol–water partition coefficient (Wildman–Crippen LogP) is -0.474. The van der Waals surface area contributed by atoms with Crippen molar-refractivity contribution in [2.45, 2.75) is 0 Å². The van der Waals surface area contributed by atoms with E-state index in [0.29, 0.717) is 0 Å². The molecule has 0 fully saturated rings. The number of rotatable bonds is 2. The topological polar surface area (TPSA) is 59.1 Å². The molecule has 0 saturated heterocycles. The van der Waals surface area contributed by atoms with Crippen LogP contribution in [-0.2, 0) is 4.74 Å². The van der Waals surface area contributed by atoms with Crippen molar-refractivity contribution in [3.05, 3.63) is 0 Å². The molecule has 0 bridgehead atoms. The molecule has 0 aliphatic heterocycles. The van der Waals surface area contributed by atoms with Crippen LogP contribution in [0, 0.1) is 5.41 Å². The van der Waals surface area contributed by atoms with Gasteiger partial charge in [-0.2, -0.15) is 0 Å². The van der Waals surface area contributed by atoms with Gasteiger partial charge in [0.15, 0.2) is 6.40 Å². The minimum atomic E-state index is 0.101. The second kappa shape index (κ2) is 3.43. The Hall–Kier alpha value is -0.570. The average Bonchev–Trinajstić information content (AvgIpc) is 1.41. The van der Waals surface area contributed by atoms with Crippen molar-refractivity contribution in [2.75, 3.05) is 6.73 Å². The van der Waals surface area contributed by atoms with Crippen LogP contribution in [-0.4, -0.2) is 13.1 Å². The highest BCUT2D eigenvalue weighted by molar-refractivity contribution is 5.40. The summed E-state index contributed by atoms with van der Waals surface area (Å²) in [6, 6.07) is 0. The van der Waals surface area contributed by atoms with Crippen LogP contribution in [0.1, 0.15) is 0 Å². The Labute approximate surface area is 30.2 Å². The van der Waals surface area contributed by atoms with Gasteiger partial charge in [-0.25, -0.2) is 0 Å². The summed E-state index contributed by atoms with van der Waals surface area (Å²) in [5.74, 6) is 0. The van der Waals surface area contributed by atoms with Crippen molar-refractivity contribution in [3.8, 4) is 0 Å². The van der Waals surface area contributed by atoms with Crippen molar-refractivity contribution >= 4 is 6.40 Å². The van der Waals surface area contributed by atoms with Crippen LogP contribution in [0.25, 0.3) is 0 Å². The van der Waals surface area contributed by atoms with Gasteiger partial charge in [-0.15, -0.1) is 0 Å². The maximum atomic E-state index is 6.18. The van der Waals surface area contributed by atoms with E-state index in [9.17, 15) is 0 Å². The van der Waals surface area contributed by atoms with E-state index in [1.165, 1.54) is 0 Å². The minimum absolute atomic E-state index is 0.101. The van der Waals surface area contributed by atoms with Crippen molar-refractivity contribution < 1.29 is 4.74 Å². The Morgan fingerprint density at radius 1 is 2.00 bits per heavy atom. The third kappa shape index (κ3) is 3.43. The van der Waals surface area contributed by atoms with Gasteiger partial charge in [0.1, 0.15) is 6.73 Å². The van der Waals surface area contributed by atoms with Gasteiger partial charge in [-0.3, -0.25) is 11.1 Å². The lowest BCUT2D eigenvalue weighted by Gasteiger charge is -1.83. The van der Waals surface area contributed by atoms with Crippen molar-refractivity contribution in [2.24, 2.45) is 5.73 Å². The highest BCUT2D eigenvalue weighted by atomic mass is 16.5. The Balaban J connectivity index is 2.40. The standard InChI is InChI=1S/C2H6N2O/c3-1-5-2-4/h1,3H,2,4H2.